The third kappa shape index (κ3) is 4.13. The lowest BCUT2D eigenvalue weighted by atomic mass is 10.1. The molecular weight excluding hydrogens is 306 g/mol. The van der Waals surface area contributed by atoms with Gasteiger partial charge in [-0.1, -0.05) is 23.8 Å². The Bertz CT molecular complexity index is 738. The molecule has 2 aromatic carbocycles. The monoisotopic (exact) mass is 327 g/mol. The van der Waals surface area contributed by atoms with Crippen molar-refractivity contribution in [1.29, 1.82) is 0 Å². The van der Waals surface area contributed by atoms with Gasteiger partial charge in [-0.25, -0.2) is 4.79 Å². The minimum absolute atomic E-state index is 0.291. The number of hydrogen-bond donors (Lipinski definition) is 1. The van der Waals surface area contributed by atoms with Crippen molar-refractivity contribution < 1.29 is 19.1 Å². The number of aryl methyl sites for hydroxylation is 1. The van der Waals surface area contributed by atoms with Crippen molar-refractivity contribution in [2.24, 2.45) is 0 Å². The third-order valence-corrected chi connectivity index (χ3v) is 3.70. The summed E-state index contributed by atoms with van der Waals surface area (Å²) < 4.78 is 10.4. The van der Waals surface area contributed by atoms with Gasteiger partial charge in [-0.3, -0.25) is 4.79 Å². The van der Waals surface area contributed by atoms with Crippen molar-refractivity contribution in [3.63, 3.8) is 0 Å². The zero-order valence-electron chi connectivity index (χ0n) is 14.3. The van der Waals surface area contributed by atoms with Crippen LogP contribution in [0.5, 0.6) is 5.75 Å². The van der Waals surface area contributed by atoms with E-state index in [4.69, 9.17) is 9.47 Å². The van der Waals surface area contributed by atoms with E-state index in [1.807, 2.05) is 31.2 Å². The van der Waals surface area contributed by atoms with E-state index in [1.165, 1.54) is 7.11 Å². The van der Waals surface area contributed by atoms with Gasteiger partial charge >= 0.3 is 5.97 Å². The van der Waals surface area contributed by atoms with Gasteiger partial charge in [0.05, 0.1) is 12.7 Å². The maximum atomic E-state index is 12.3. The summed E-state index contributed by atoms with van der Waals surface area (Å²) >= 11 is 0. The molecule has 0 bridgehead atoms. The van der Waals surface area contributed by atoms with Crippen molar-refractivity contribution in [1.82, 2.24) is 0 Å². The lowest BCUT2D eigenvalue weighted by Gasteiger charge is -2.16. The molecule has 0 aliphatic carbocycles. The van der Waals surface area contributed by atoms with Crippen molar-refractivity contribution >= 4 is 17.6 Å². The van der Waals surface area contributed by atoms with Crippen LogP contribution in [0.15, 0.2) is 42.5 Å². The number of hydrogen-bond acceptors (Lipinski definition) is 4. The van der Waals surface area contributed by atoms with Crippen LogP contribution in [-0.2, 0) is 9.53 Å². The highest BCUT2D eigenvalue weighted by Crippen LogP contribution is 2.20. The molecule has 1 amide bonds. The van der Waals surface area contributed by atoms with Crippen LogP contribution in [0, 0.1) is 13.8 Å². The van der Waals surface area contributed by atoms with E-state index in [9.17, 15) is 9.59 Å². The van der Waals surface area contributed by atoms with Crippen LogP contribution in [-0.4, -0.2) is 25.1 Å². The second kappa shape index (κ2) is 7.64. The Hall–Kier alpha value is -2.82. The summed E-state index contributed by atoms with van der Waals surface area (Å²) in [5.41, 5.74) is 2.75. The first-order valence-electron chi connectivity index (χ1n) is 7.64. The standard InChI is InChI=1S/C19H21NO4/c1-12-8-10-15(11-9-12)24-14(3)18(21)20-17-7-5-6-16(13(17)2)19(22)23-4/h5-11,14H,1-4H3,(H,20,21)/t14-/m0/s1. The molecule has 1 atom stereocenters. The highest BCUT2D eigenvalue weighted by Gasteiger charge is 2.18. The lowest BCUT2D eigenvalue weighted by molar-refractivity contribution is -0.122. The molecule has 24 heavy (non-hydrogen) atoms. The second-order valence-corrected chi connectivity index (χ2v) is 5.53. The molecule has 0 spiro atoms. The van der Waals surface area contributed by atoms with Gasteiger partial charge < -0.3 is 14.8 Å². The number of ether oxygens (including phenoxy) is 2. The summed E-state index contributed by atoms with van der Waals surface area (Å²) in [4.78, 5) is 24.0. The Kier molecular flexibility index (Phi) is 5.58. The molecule has 0 unspecified atom stereocenters. The Labute approximate surface area is 141 Å². The largest absolute Gasteiger partial charge is 0.481 e. The molecule has 0 radical (unpaired) electrons. The van der Waals surface area contributed by atoms with Crippen LogP contribution in [0.4, 0.5) is 5.69 Å². The molecule has 0 heterocycles. The molecule has 2 rings (SSSR count). The minimum atomic E-state index is -0.672. The number of benzene rings is 2. The topological polar surface area (TPSA) is 64.6 Å². The molecule has 0 saturated carbocycles. The van der Waals surface area contributed by atoms with E-state index < -0.39 is 12.1 Å². The molecule has 5 heteroatoms. The highest BCUT2D eigenvalue weighted by molar-refractivity contribution is 5.98. The first kappa shape index (κ1) is 17.5. The van der Waals surface area contributed by atoms with Gasteiger partial charge in [0.1, 0.15) is 5.75 Å². The second-order valence-electron chi connectivity index (χ2n) is 5.53. The smallest absolute Gasteiger partial charge is 0.338 e. The number of rotatable bonds is 5. The maximum absolute atomic E-state index is 12.3. The van der Waals surface area contributed by atoms with Gasteiger partial charge in [0.15, 0.2) is 6.10 Å². The number of esters is 1. The highest BCUT2D eigenvalue weighted by atomic mass is 16.5. The summed E-state index contributed by atoms with van der Waals surface area (Å²) in [6.07, 6.45) is -0.672. The van der Waals surface area contributed by atoms with E-state index in [1.54, 1.807) is 32.0 Å². The molecule has 0 saturated heterocycles. The van der Waals surface area contributed by atoms with E-state index in [2.05, 4.69) is 5.32 Å². The van der Waals surface area contributed by atoms with E-state index in [0.717, 1.165) is 5.56 Å². The zero-order valence-corrected chi connectivity index (χ0v) is 14.3. The van der Waals surface area contributed by atoms with Crippen molar-refractivity contribution in [2.75, 3.05) is 12.4 Å². The first-order chi connectivity index (χ1) is 11.4. The molecule has 1 N–H and O–H groups in total. The van der Waals surface area contributed by atoms with Crippen molar-refractivity contribution in [3.8, 4) is 5.75 Å². The van der Waals surface area contributed by atoms with Crippen LogP contribution in [0.25, 0.3) is 0 Å². The van der Waals surface area contributed by atoms with Crippen LogP contribution in [0.2, 0.25) is 0 Å². The van der Waals surface area contributed by atoms with Gasteiger partial charge in [0, 0.05) is 5.69 Å². The van der Waals surface area contributed by atoms with Gasteiger partial charge in [0.2, 0.25) is 0 Å². The molecular formula is C19H21NO4. The number of carbonyl (C=O) groups excluding carboxylic acids is 2. The Balaban J connectivity index is 2.08. The summed E-state index contributed by atoms with van der Waals surface area (Å²) in [5, 5.41) is 2.79. The van der Waals surface area contributed by atoms with E-state index in [-0.39, 0.29) is 5.91 Å². The Morgan fingerprint density at radius 1 is 1.04 bits per heavy atom. The Morgan fingerprint density at radius 3 is 2.33 bits per heavy atom. The normalized spacial score (nSPS) is 11.5. The summed E-state index contributed by atoms with van der Waals surface area (Å²) in [7, 11) is 1.32. The first-order valence-corrected chi connectivity index (χ1v) is 7.64. The molecule has 126 valence electrons. The van der Waals surface area contributed by atoms with Crippen LogP contribution >= 0.6 is 0 Å². The van der Waals surface area contributed by atoms with Gasteiger partial charge in [-0.15, -0.1) is 0 Å². The molecule has 0 aromatic heterocycles. The van der Waals surface area contributed by atoms with E-state index in [0.29, 0.717) is 22.6 Å². The molecule has 2 aromatic rings. The van der Waals surface area contributed by atoms with Crippen LogP contribution in [0.3, 0.4) is 0 Å². The number of nitrogens with one attached hydrogen (secondary N) is 1. The predicted octanol–water partition coefficient (Wildman–Crippen LogP) is 3.50. The average molecular weight is 327 g/mol. The minimum Gasteiger partial charge on any atom is -0.481 e. The summed E-state index contributed by atoms with van der Waals surface area (Å²) in [5.74, 6) is -0.100. The Morgan fingerprint density at radius 2 is 1.71 bits per heavy atom. The fraction of sp³-hybridized carbons (Fsp3) is 0.263. The fourth-order valence-electron chi connectivity index (χ4n) is 2.21. The third-order valence-electron chi connectivity index (χ3n) is 3.70. The van der Waals surface area contributed by atoms with Gasteiger partial charge in [0.25, 0.3) is 5.91 Å². The van der Waals surface area contributed by atoms with Crippen molar-refractivity contribution in [2.45, 2.75) is 26.9 Å². The zero-order chi connectivity index (χ0) is 17.7. The quantitative estimate of drug-likeness (QED) is 0.854. The number of methoxy groups -OCH3 is 1. The van der Waals surface area contributed by atoms with Crippen LogP contribution < -0.4 is 10.1 Å². The predicted molar refractivity (Wildman–Crippen MR) is 92.4 cm³/mol. The molecule has 0 aliphatic rings. The summed E-state index contributed by atoms with van der Waals surface area (Å²) in [6.45, 7) is 5.42. The number of amides is 1. The van der Waals surface area contributed by atoms with E-state index >= 15 is 0 Å². The maximum Gasteiger partial charge on any atom is 0.338 e. The molecule has 0 aliphatic heterocycles. The molecule has 0 fully saturated rings. The fourth-order valence-corrected chi connectivity index (χ4v) is 2.21. The van der Waals surface area contributed by atoms with Gasteiger partial charge in [-0.05, 0) is 50.6 Å². The lowest BCUT2D eigenvalue weighted by Crippen LogP contribution is -2.30. The number of anilines is 1. The van der Waals surface area contributed by atoms with Gasteiger partial charge in [-0.2, -0.15) is 0 Å². The van der Waals surface area contributed by atoms with Crippen molar-refractivity contribution in [3.05, 3.63) is 59.2 Å². The SMILES string of the molecule is COC(=O)c1cccc(NC(=O)[C@H](C)Oc2ccc(C)cc2)c1C. The molecule has 5 nitrogen and oxygen atoms in total. The van der Waals surface area contributed by atoms with Crippen LogP contribution in [0.1, 0.15) is 28.4 Å². The number of carbonyl (C=O) groups is 2. The average Bonchev–Trinajstić information content (AvgIpc) is 2.58. The summed E-state index contributed by atoms with van der Waals surface area (Å²) in [6, 6.07) is 12.6.